The summed E-state index contributed by atoms with van der Waals surface area (Å²) in [7, 11) is 1.55. The molecule has 1 amide bonds. The van der Waals surface area contributed by atoms with Gasteiger partial charge in [-0.2, -0.15) is 4.98 Å². The van der Waals surface area contributed by atoms with Crippen LogP contribution in [0, 0.1) is 0 Å². The van der Waals surface area contributed by atoms with Crippen LogP contribution in [0.2, 0.25) is 0 Å². The maximum Gasteiger partial charge on any atom is 0.255 e. The number of carbonyl (C=O) groups is 1. The fourth-order valence-electron chi connectivity index (χ4n) is 2.98. The number of carbonyl (C=O) groups excluding carboxylic acids is 1. The van der Waals surface area contributed by atoms with E-state index in [-0.39, 0.29) is 11.7 Å². The number of aromatic nitrogens is 3. The van der Waals surface area contributed by atoms with Crippen LogP contribution in [0.4, 0.5) is 5.82 Å². The molecule has 124 valence electrons. The van der Waals surface area contributed by atoms with Crippen molar-refractivity contribution in [3.8, 4) is 28.5 Å². The zero-order chi connectivity index (χ0) is 17.4. The van der Waals surface area contributed by atoms with Crippen molar-refractivity contribution in [1.82, 2.24) is 15.0 Å². The Morgan fingerprint density at radius 3 is 2.52 bits per heavy atom. The minimum absolute atomic E-state index is 0.214. The fourth-order valence-corrected chi connectivity index (χ4v) is 2.98. The number of benzene rings is 2. The number of anilines is 1. The third-order valence-electron chi connectivity index (χ3n) is 4.18. The molecule has 0 fully saturated rings. The molecule has 0 aliphatic heterocycles. The summed E-state index contributed by atoms with van der Waals surface area (Å²) >= 11 is 0. The van der Waals surface area contributed by atoms with Gasteiger partial charge in [-0.05, 0) is 11.6 Å². The first-order chi connectivity index (χ1) is 12.2. The molecule has 0 saturated carbocycles. The van der Waals surface area contributed by atoms with Crippen LogP contribution < -0.4 is 4.90 Å². The number of para-hydroxylation sites is 1. The summed E-state index contributed by atoms with van der Waals surface area (Å²) in [6.07, 6.45) is 0.615. The summed E-state index contributed by atoms with van der Waals surface area (Å²) in [6.45, 7) is 0. The molecule has 2 aromatic carbocycles. The van der Waals surface area contributed by atoms with Crippen molar-refractivity contribution in [2.24, 2.45) is 0 Å². The van der Waals surface area contributed by atoms with Gasteiger partial charge < -0.3 is 15.1 Å². The monoisotopic (exact) mass is 332 g/mol. The Balaban J connectivity index is 1.99. The van der Waals surface area contributed by atoms with Crippen molar-refractivity contribution in [3.05, 3.63) is 54.6 Å². The molecule has 0 radical (unpaired) electrons. The number of imidazole rings is 1. The average Bonchev–Trinajstić information content (AvgIpc) is 3.22. The number of nitrogens with one attached hydrogen (secondary N) is 2. The molecule has 0 aliphatic rings. The van der Waals surface area contributed by atoms with Gasteiger partial charge in [0.15, 0.2) is 5.82 Å². The zero-order valence-corrected chi connectivity index (χ0v) is 13.5. The lowest BCUT2D eigenvalue weighted by atomic mass is 10.0. The van der Waals surface area contributed by atoms with Gasteiger partial charge in [-0.25, -0.2) is 0 Å². The molecule has 0 saturated heterocycles. The summed E-state index contributed by atoms with van der Waals surface area (Å²) in [4.78, 5) is 23.0. The van der Waals surface area contributed by atoms with Crippen LogP contribution in [-0.2, 0) is 4.79 Å². The average molecular weight is 332 g/mol. The van der Waals surface area contributed by atoms with Crippen molar-refractivity contribution < 1.29 is 9.90 Å². The van der Waals surface area contributed by atoms with E-state index in [2.05, 4.69) is 15.0 Å². The standard InChI is InChI=1S/C19H16N4O2/c1-23(11-24)18-19(25)22-17(21-18)15-13-9-5-6-10-14(13)20-16(15)12-7-3-2-4-8-12/h2-11,20,25H,1H3,(H,21,22). The maximum atomic E-state index is 11.0. The van der Waals surface area contributed by atoms with Crippen molar-refractivity contribution in [2.45, 2.75) is 0 Å². The second-order valence-electron chi connectivity index (χ2n) is 5.76. The number of fused-ring (bicyclic) bond motifs is 1. The molecule has 0 bridgehead atoms. The zero-order valence-electron chi connectivity index (χ0n) is 13.5. The Morgan fingerprint density at radius 1 is 1.04 bits per heavy atom. The number of H-pyrrole nitrogens is 2. The third kappa shape index (κ3) is 2.44. The molecule has 0 spiro atoms. The Bertz CT molecular complexity index is 1050. The molecule has 2 aromatic heterocycles. The van der Waals surface area contributed by atoms with Gasteiger partial charge in [-0.15, -0.1) is 0 Å². The van der Waals surface area contributed by atoms with E-state index in [9.17, 15) is 9.90 Å². The Labute approximate surface area is 143 Å². The van der Waals surface area contributed by atoms with Gasteiger partial charge in [0, 0.05) is 18.0 Å². The summed E-state index contributed by atoms with van der Waals surface area (Å²) in [5.41, 5.74) is 3.73. The predicted molar refractivity (Wildman–Crippen MR) is 97.4 cm³/mol. The molecular weight excluding hydrogens is 316 g/mol. The van der Waals surface area contributed by atoms with E-state index in [4.69, 9.17) is 0 Å². The summed E-state index contributed by atoms with van der Waals surface area (Å²) in [6, 6.07) is 17.8. The highest BCUT2D eigenvalue weighted by atomic mass is 16.3. The first-order valence-electron chi connectivity index (χ1n) is 7.82. The fraction of sp³-hybridized carbons (Fsp3) is 0.0526. The molecule has 4 aromatic rings. The van der Waals surface area contributed by atoms with Crippen LogP contribution in [-0.4, -0.2) is 33.5 Å². The quantitative estimate of drug-likeness (QED) is 0.500. The number of nitrogens with zero attached hydrogens (tertiary/aromatic N) is 2. The number of aromatic hydroxyl groups is 1. The Hall–Kier alpha value is -3.54. The second-order valence-corrected chi connectivity index (χ2v) is 5.76. The van der Waals surface area contributed by atoms with E-state index in [1.807, 2.05) is 54.6 Å². The Morgan fingerprint density at radius 2 is 1.76 bits per heavy atom. The van der Waals surface area contributed by atoms with Crippen LogP contribution >= 0.6 is 0 Å². The predicted octanol–water partition coefficient (Wildman–Crippen LogP) is 3.52. The molecule has 3 N–H and O–H groups in total. The highest BCUT2D eigenvalue weighted by Gasteiger charge is 2.20. The summed E-state index contributed by atoms with van der Waals surface area (Å²) < 4.78 is 0. The normalized spacial score (nSPS) is 10.9. The highest BCUT2D eigenvalue weighted by molar-refractivity contribution is 6.02. The number of amides is 1. The van der Waals surface area contributed by atoms with E-state index in [0.717, 1.165) is 27.7 Å². The summed E-state index contributed by atoms with van der Waals surface area (Å²) in [5, 5.41) is 11.1. The number of aromatic amines is 2. The van der Waals surface area contributed by atoms with Gasteiger partial charge in [0.05, 0.1) is 11.3 Å². The summed E-state index contributed by atoms with van der Waals surface area (Å²) in [5.74, 6) is 0.542. The minimum Gasteiger partial charge on any atom is -0.491 e. The lowest BCUT2D eigenvalue weighted by Crippen LogP contribution is -2.14. The van der Waals surface area contributed by atoms with Crippen LogP contribution in [0.25, 0.3) is 33.5 Å². The van der Waals surface area contributed by atoms with Crippen LogP contribution in [0.5, 0.6) is 5.88 Å². The molecule has 0 atom stereocenters. The largest absolute Gasteiger partial charge is 0.491 e. The highest BCUT2D eigenvalue weighted by Crippen LogP contribution is 2.39. The van der Waals surface area contributed by atoms with E-state index in [1.54, 1.807) is 7.05 Å². The molecule has 4 rings (SSSR count). The van der Waals surface area contributed by atoms with E-state index >= 15 is 0 Å². The molecular formula is C19H16N4O2. The number of rotatable bonds is 4. The van der Waals surface area contributed by atoms with Crippen molar-refractivity contribution in [1.29, 1.82) is 0 Å². The maximum absolute atomic E-state index is 11.0. The SMILES string of the molecule is CN(C=O)c1[nH]c(-c2c(-c3ccccc3)[nH]c3ccccc23)nc1O. The van der Waals surface area contributed by atoms with E-state index in [1.165, 1.54) is 4.90 Å². The van der Waals surface area contributed by atoms with Gasteiger partial charge in [0.2, 0.25) is 6.41 Å². The first kappa shape index (κ1) is 15.0. The van der Waals surface area contributed by atoms with Gasteiger partial charge in [0.25, 0.3) is 5.88 Å². The molecule has 25 heavy (non-hydrogen) atoms. The molecule has 6 nitrogen and oxygen atoms in total. The van der Waals surface area contributed by atoms with Crippen molar-refractivity contribution >= 4 is 23.1 Å². The number of hydrogen-bond acceptors (Lipinski definition) is 3. The van der Waals surface area contributed by atoms with Gasteiger partial charge in [0.1, 0.15) is 5.82 Å². The molecule has 2 heterocycles. The lowest BCUT2D eigenvalue weighted by Gasteiger charge is -2.06. The van der Waals surface area contributed by atoms with Gasteiger partial charge in [-0.1, -0.05) is 48.5 Å². The van der Waals surface area contributed by atoms with Crippen LogP contribution in [0.3, 0.4) is 0 Å². The van der Waals surface area contributed by atoms with Gasteiger partial charge in [-0.3, -0.25) is 9.69 Å². The van der Waals surface area contributed by atoms with Crippen LogP contribution in [0.15, 0.2) is 54.6 Å². The number of hydrogen-bond donors (Lipinski definition) is 3. The third-order valence-corrected chi connectivity index (χ3v) is 4.18. The van der Waals surface area contributed by atoms with Crippen LogP contribution in [0.1, 0.15) is 0 Å². The molecule has 0 aliphatic carbocycles. The first-order valence-corrected chi connectivity index (χ1v) is 7.82. The second kappa shape index (κ2) is 5.83. The van der Waals surface area contributed by atoms with Gasteiger partial charge >= 0.3 is 0 Å². The van der Waals surface area contributed by atoms with E-state index < -0.39 is 0 Å². The topological polar surface area (TPSA) is 85.0 Å². The molecule has 6 heteroatoms. The van der Waals surface area contributed by atoms with Crippen molar-refractivity contribution in [3.63, 3.8) is 0 Å². The minimum atomic E-state index is -0.214. The lowest BCUT2D eigenvalue weighted by molar-refractivity contribution is -0.107. The van der Waals surface area contributed by atoms with Crippen molar-refractivity contribution in [2.75, 3.05) is 11.9 Å². The Kier molecular flexibility index (Phi) is 3.50. The van der Waals surface area contributed by atoms with E-state index in [0.29, 0.717) is 12.2 Å². The smallest absolute Gasteiger partial charge is 0.255 e. The molecule has 0 unspecified atom stereocenters.